The van der Waals surface area contributed by atoms with Crippen molar-refractivity contribution >= 4 is 35.3 Å². The van der Waals surface area contributed by atoms with Crippen LogP contribution in [-0.2, 0) is 27.1 Å². The molecule has 148 valence electrons. The Labute approximate surface area is 170 Å². The SMILES string of the molecule is CC(C)(C)c1ccc(CSCc2ccc(C(F)(F)P(=O)(O)O)c(Br)c2)cc1. The number of alkyl halides is 2. The van der Waals surface area contributed by atoms with Crippen molar-refractivity contribution in [2.24, 2.45) is 0 Å². The molecule has 0 saturated heterocycles. The molecular formula is C19H22BrF2O3PS. The van der Waals surface area contributed by atoms with E-state index in [0.717, 1.165) is 17.4 Å². The van der Waals surface area contributed by atoms with E-state index in [4.69, 9.17) is 9.79 Å². The number of rotatable bonds is 6. The van der Waals surface area contributed by atoms with Crippen molar-refractivity contribution in [3.05, 3.63) is 69.2 Å². The topological polar surface area (TPSA) is 57.5 Å². The fourth-order valence-corrected chi connectivity index (χ4v) is 4.72. The van der Waals surface area contributed by atoms with Crippen LogP contribution in [-0.4, -0.2) is 9.79 Å². The van der Waals surface area contributed by atoms with Crippen molar-refractivity contribution in [1.82, 2.24) is 0 Å². The molecule has 0 aliphatic heterocycles. The van der Waals surface area contributed by atoms with Crippen molar-refractivity contribution < 1.29 is 23.1 Å². The summed E-state index contributed by atoms with van der Waals surface area (Å²) in [6.07, 6.45) is 0. The molecule has 2 aromatic carbocycles. The molecule has 0 saturated carbocycles. The Morgan fingerprint density at radius 1 is 1.00 bits per heavy atom. The molecule has 0 unspecified atom stereocenters. The van der Waals surface area contributed by atoms with E-state index in [1.54, 1.807) is 11.8 Å². The third-order valence-corrected chi connectivity index (χ3v) is 6.78. The molecule has 0 aliphatic rings. The zero-order valence-electron chi connectivity index (χ0n) is 15.2. The molecule has 8 heteroatoms. The van der Waals surface area contributed by atoms with Gasteiger partial charge in [0.2, 0.25) is 0 Å². The van der Waals surface area contributed by atoms with Crippen LogP contribution in [0.3, 0.4) is 0 Å². The molecule has 3 nitrogen and oxygen atoms in total. The number of benzene rings is 2. The number of halogens is 3. The smallest absolute Gasteiger partial charge is 0.320 e. The van der Waals surface area contributed by atoms with Gasteiger partial charge in [-0.3, -0.25) is 4.57 Å². The van der Waals surface area contributed by atoms with Gasteiger partial charge in [0.15, 0.2) is 0 Å². The molecule has 0 heterocycles. The van der Waals surface area contributed by atoms with Crippen LogP contribution in [0.5, 0.6) is 0 Å². The first kappa shape index (κ1) is 22.6. The Morgan fingerprint density at radius 2 is 1.52 bits per heavy atom. The summed E-state index contributed by atoms with van der Waals surface area (Å²) in [5.74, 6) is 1.38. The molecule has 27 heavy (non-hydrogen) atoms. The quantitative estimate of drug-likeness (QED) is 0.471. The van der Waals surface area contributed by atoms with Gasteiger partial charge in [-0.1, -0.05) is 73.1 Å². The first-order valence-corrected chi connectivity index (χ1v) is 11.8. The van der Waals surface area contributed by atoms with Gasteiger partial charge < -0.3 is 9.79 Å². The summed E-state index contributed by atoms with van der Waals surface area (Å²) >= 11 is 4.64. The summed E-state index contributed by atoms with van der Waals surface area (Å²) in [6, 6.07) is 12.4. The number of hydrogen-bond donors (Lipinski definition) is 2. The maximum absolute atomic E-state index is 13.8. The van der Waals surface area contributed by atoms with E-state index >= 15 is 0 Å². The third kappa shape index (κ3) is 5.64. The van der Waals surface area contributed by atoms with Gasteiger partial charge in [0, 0.05) is 21.5 Å². The average Bonchev–Trinajstić information content (AvgIpc) is 2.53. The zero-order chi connectivity index (χ0) is 20.5. The summed E-state index contributed by atoms with van der Waals surface area (Å²) in [4.78, 5) is 17.7. The van der Waals surface area contributed by atoms with Crippen LogP contribution >= 0.6 is 35.3 Å². The van der Waals surface area contributed by atoms with Crippen molar-refractivity contribution in [2.75, 3.05) is 0 Å². The van der Waals surface area contributed by atoms with Crippen molar-refractivity contribution in [3.63, 3.8) is 0 Å². The second kappa shape index (κ2) is 8.34. The lowest BCUT2D eigenvalue weighted by Crippen LogP contribution is -2.14. The molecule has 0 aliphatic carbocycles. The molecule has 0 atom stereocenters. The van der Waals surface area contributed by atoms with Gasteiger partial charge in [0.05, 0.1) is 0 Å². The largest absolute Gasteiger partial charge is 0.399 e. The molecule has 0 amide bonds. The van der Waals surface area contributed by atoms with Gasteiger partial charge in [-0.05, 0) is 28.2 Å². The van der Waals surface area contributed by atoms with Crippen LogP contribution in [0.15, 0.2) is 46.9 Å². The second-order valence-electron chi connectivity index (χ2n) is 7.34. The van der Waals surface area contributed by atoms with Crippen molar-refractivity contribution in [3.8, 4) is 0 Å². The molecule has 0 fully saturated rings. The second-order valence-corrected chi connectivity index (χ2v) is 10.8. The van der Waals surface area contributed by atoms with E-state index in [1.165, 1.54) is 23.3 Å². The predicted molar refractivity (Wildman–Crippen MR) is 110 cm³/mol. The molecule has 2 aromatic rings. The molecule has 0 aromatic heterocycles. The lowest BCUT2D eigenvalue weighted by molar-refractivity contribution is 0.0557. The summed E-state index contributed by atoms with van der Waals surface area (Å²) in [5, 5.41) is 0. The molecule has 0 bridgehead atoms. The van der Waals surface area contributed by atoms with E-state index in [0.29, 0.717) is 5.75 Å². The highest BCUT2D eigenvalue weighted by molar-refractivity contribution is 9.10. The maximum Gasteiger partial charge on any atom is 0.399 e. The van der Waals surface area contributed by atoms with Gasteiger partial charge in [-0.15, -0.1) is 0 Å². The Hall–Kier alpha value is -0.720. The monoisotopic (exact) mass is 478 g/mol. The fourth-order valence-electron chi connectivity index (χ4n) is 2.44. The summed E-state index contributed by atoms with van der Waals surface area (Å²) in [5.41, 5.74) is -1.58. The van der Waals surface area contributed by atoms with Crippen LogP contribution in [0.4, 0.5) is 8.78 Å². The van der Waals surface area contributed by atoms with Crippen LogP contribution in [0.2, 0.25) is 0 Å². The lowest BCUT2D eigenvalue weighted by atomic mass is 9.87. The van der Waals surface area contributed by atoms with Crippen LogP contribution in [0, 0.1) is 0 Å². The lowest BCUT2D eigenvalue weighted by Gasteiger charge is -2.19. The molecule has 2 rings (SSSR count). The number of thioether (sulfide) groups is 1. The van der Waals surface area contributed by atoms with E-state index < -0.39 is 18.8 Å². The summed E-state index contributed by atoms with van der Waals surface area (Å²) in [6.45, 7) is 6.48. The third-order valence-electron chi connectivity index (χ3n) is 4.08. The van der Waals surface area contributed by atoms with E-state index in [-0.39, 0.29) is 9.89 Å². The van der Waals surface area contributed by atoms with Crippen LogP contribution in [0.1, 0.15) is 43.0 Å². The highest BCUT2D eigenvalue weighted by Crippen LogP contribution is 2.60. The molecular weight excluding hydrogens is 457 g/mol. The predicted octanol–water partition coefficient (Wildman–Crippen LogP) is 6.41. The van der Waals surface area contributed by atoms with Gasteiger partial charge in [-0.2, -0.15) is 20.5 Å². The Kier molecular flexibility index (Phi) is 6.97. The van der Waals surface area contributed by atoms with Crippen molar-refractivity contribution in [1.29, 1.82) is 0 Å². The standard InChI is InChI=1S/C19H22BrF2O3PS/c1-18(2,3)15-7-4-13(5-8-15)11-27-12-14-6-9-16(17(20)10-14)19(21,22)26(23,24)25/h4-10H,11-12H2,1-3H3,(H2,23,24,25). The van der Waals surface area contributed by atoms with Gasteiger partial charge in [0.1, 0.15) is 0 Å². The summed E-state index contributed by atoms with van der Waals surface area (Å²) in [7, 11) is -5.58. The highest BCUT2D eigenvalue weighted by atomic mass is 79.9. The summed E-state index contributed by atoms with van der Waals surface area (Å²) < 4.78 is 38.7. The van der Waals surface area contributed by atoms with E-state index in [1.807, 2.05) is 0 Å². The molecule has 0 spiro atoms. The Balaban J connectivity index is 2.01. The normalized spacial score (nSPS) is 13.0. The van der Waals surface area contributed by atoms with E-state index in [2.05, 4.69) is 61.0 Å². The Bertz CT molecular complexity index is 845. The zero-order valence-corrected chi connectivity index (χ0v) is 18.5. The minimum Gasteiger partial charge on any atom is -0.320 e. The molecule has 0 radical (unpaired) electrons. The first-order valence-electron chi connectivity index (χ1n) is 8.22. The van der Waals surface area contributed by atoms with Crippen molar-refractivity contribution in [2.45, 2.75) is 43.4 Å². The molecule has 2 N–H and O–H groups in total. The van der Waals surface area contributed by atoms with Gasteiger partial charge in [0.25, 0.3) is 0 Å². The fraction of sp³-hybridized carbons (Fsp3) is 0.368. The first-order chi connectivity index (χ1) is 12.3. The minimum absolute atomic E-state index is 0.0107. The Morgan fingerprint density at radius 3 is 2.00 bits per heavy atom. The number of hydrogen-bond acceptors (Lipinski definition) is 2. The minimum atomic E-state index is -5.58. The highest BCUT2D eigenvalue weighted by Gasteiger charge is 2.51. The van der Waals surface area contributed by atoms with Gasteiger partial charge in [-0.25, -0.2) is 0 Å². The maximum atomic E-state index is 13.8. The van der Waals surface area contributed by atoms with Crippen LogP contribution in [0.25, 0.3) is 0 Å². The average molecular weight is 479 g/mol. The van der Waals surface area contributed by atoms with Crippen LogP contribution < -0.4 is 0 Å². The van der Waals surface area contributed by atoms with E-state index in [9.17, 15) is 13.3 Å². The van der Waals surface area contributed by atoms with Gasteiger partial charge >= 0.3 is 13.3 Å².